The second-order valence-corrected chi connectivity index (χ2v) is 9.63. The van der Waals surface area contributed by atoms with E-state index in [0.717, 1.165) is 22.3 Å². The van der Waals surface area contributed by atoms with Gasteiger partial charge in [-0.25, -0.2) is 4.79 Å². The Hall–Kier alpha value is -3.75. The van der Waals surface area contributed by atoms with E-state index in [0.29, 0.717) is 5.69 Å². The lowest BCUT2D eigenvalue weighted by molar-refractivity contribution is -0.153. The topological polar surface area (TPSA) is 60.9 Å². The van der Waals surface area contributed by atoms with Crippen molar-refractivity contribution in [2.24, 2.45) is 0 Å². The summed E-state index contributed by atoms with van der Waals surface area (Å²) in [4.78, 5) is 19.1. The first-order valence-electron chi connectivity index (χ1n) is 11.7. The number of benzene rings is 2. The number of amides is 1. The molecule has 3 aromatic rings. The first-order valence-corrected chi connectivity index (χ1v) is 11.7. The highest BCUT2D eigenvalue weighted by atomic mass is 19.4. The first-order chi connectivity index (χ1) is 17.3. The standard InChI is InChI=1S/C28H31F3N2O4/c1-18-13-20(22-10-8-7-9-19(22)2)15-21(14-18)33(26(34)37-27(3,4)5)16-23-25(35-6)24(11-12-32-23)36-17-28(29,30)31/h7-15H,16-17H2,1-6H3. The summed E-state index contributed by atoms with van der Waals surface area (Å²) in [5.41, 5.74) is 3.86. The van der Waals surface area contributed by atoms with Gasteiger partial charge in [-0.05, 0) is 69.0 Å². The van der Waals surface area contributed by atoms with Crippen molar-refractivity contribution < 1.29 is 32.2 Å². The lowest BCUT2D eigenvalue weighted by atomic mass is 9.98. The molecule has 0 aliphatic rings. The van der Waals surface area contributed by atoms with Gasteiger partial charge in [-0.2, -0.15) is 13.2 Å². The minimum Gasteiger partial charge on any atom is -0.491 e. The number of pyridine rings is 1. The van der Waals surface area contributed by atoms with Gasteiger partial charge in [0.2, 0.25) is 0 Å². The van der Waals surface area contributed by atoms with Gasteiger partial charge in [-0.15, -0.1) is 0 Å². The number of hydrogen-bond donors (Lipinski definition) is 0. The van der Waals surface area contributed by atoms with Gasteiger partial charge in [0, 0.05) is 18.0 Å². The van der Waals surface area contributed by atoms with Crippen LogP contribution in [0.4, 0.5) is 23.7 Å². The largest absolute Gasteiger partial charge is 0.491 e. The highest BCUT2D eigenvalue weighted by Gasteiger charge is 2.30. The number of rotatable bonds is 7. The lowest BCUT2D eigenvalue weighted by Crippen LogP contribution is -2.37. The average Bonchev–Trinajstić information content (AvgIpc) is 2.79. The molecule has 198 valence electrons. The maximum Gasteiger partial charge on any atom is 0.422 e. The number of hydrogen-bond acceptors (Lipinski definition) is 5. The molecule has 3 rings (SSSR count). The lowest BCUT2D eigenvalue weighted by Gasteiger charge is -2.28. The zero-order valence-corrected chi connectivity index (χ0v) is 21.8. The Kier molecular flexibility index (Phi) is 8.35. The minimum absolute atomic E-state index is 0.00656. The third kappa shape index (κ3) is 7.62. The van der Waals surface area contributed by atoms with E-state index in [1.165, 1.54) is 24.3 Å². The van der Waals surface area contributed by atoms with E-state index in [1.54, 1.807) is 20.8 Å². The number of alkyl halides is 3. The molecule has 0 N–H and O–H groups in total. The van der Waals surface area contributed by atoms with E-state index in [4.69, 9.17) is 14.2 Å². The average molecular weight is 517 g/mol. The van der Waals surface area contributed by atoms with Gasteiger partial charge in [0.05, 0.1) is 13.7 Å². The molecular weight excluding hydrogens is 485 g/mol. The van der Waals surface area contributed by atoms with Crippen LogP contribution >= 0.6 is 0 Å². The van der Waals surface area contributed by atoms with Gasteiger partial charge >= 0.3 is 12.3 Å². The van der Waals surface area contributed by atoms with Gasteiger partial charge in [0.1, 0.15) is 11.3 Å². The summed E-state index contributed by atoms with van der Waals surface area (Å²) >= 11 is 0. The van der Waals surface area contributed by atoms with Crippen molar-refractivity contribution in [3.63, 3.8) is 0 Å². The van der Waals surface area contributed by atoms with Crippen molar-refractivity contribution in [1.82, 2.24) is 4.98 Å². The predicted octanol–water partition coefficient (Wildman–Crippen LogP) is 7.26. The molecule has 37 heavy (non-hydrogen) atoms. The Labute approximate surface area is 215 Å². The molecule has 9 heteroatoms. The number of aryl methyl sites for hydroxylation is 2. The maximum atomic E-state index is 13.4. The van der Waals surface area contributed by atoms with E-state index in [-0.39, 0.29) is 23.7 Å². The van der Waals surface area contributed by atoms with Gasteiger partial charge in [0.25, 0.3) is 0 Å². The molecule has 6 nitrogen and oxygen atoms in total. The van der Waals surface area contributed by atoms with Gasteiger partial charge in [0.15, 0.2) is 18.1 Å². The van der Waals surface area contributed by atoms with Crippen molar-refractivity contribution in [1.29, 1.82) is 0 Å². The molecule has 1 heterocycles. The summed E-state index contributed by atoms with van der Waals surface area (Å²) in [6.45, 7) is 7.57. The van der Waals surface area contributed by atoms with Crippen molar-refractivity contribution in [3.8, 4) is 22.6 Å². The Bertz CT molecular complexity index is 1250. The van der Waals surface area contributed by atoms with E-state index in [9.17, 15) is 18.0 Å². The maximum absolute atomic E-state index is 13.4. The van der Waals surface area contributed by atoms with Gasteiger partial charge in [-0.3, -0.25) is 9.88 Å². The Morgan fingerprint density at radius 1 is 1.03 bits per heavy atom. The summed E-state index contributed by atoms with van der Waals surface area (Å²) in [6.07, 6.45) is -3.85. The van der Waals surface area contributed by atoms with Crippen molar-refractivity contribution in [3.05, 3.63) is 71.5 Å². The Morgan fingerprint density at radius 3 is 2.35 bits per heavy atom. The molecule has 1 amide bonds. The van der Waals surface area contributed by atoms with Crippen LogP contribution in [0, 0.1) is 13.8 Å². The fourth-order valence-corrected chi connectivity index (χ4v) is 3.77. The fraction of sp³-hybridized carbons (Fsp3) is 0.357. The van der Waals surface area contributed by atoms with E-state index in [1.807, 2.05) is 56.3 Å². The molecule has 2 aromatic carbocycles. The third-order valence-electron chi connectivity index (χ3n) is 5.29. The molecule has 0 fully saturated rings. The SMILES string of the molecule is COc1c(OCC(F)(F)F)ccnc1CN(C(=O)OC(C)(C)C)c1cc(C)cc(-c2ccccc2C)c1. The molecule has 0 unspecified atom stereocenters. The van der Waals surface area contributed by atoms with Crippen LogP contribution in [0.2, 0.25) is 0 Å². The Morgan fingerprint density at radius 2 is 1.73 bits per heavy atom. The zero-order chi connectivity index (χ0) is 27.4. The molecule has 0 saturated carbocycles. The van der Waals surface area contributed by atoms with Crippen LogP contribution in [0.3, 0.4) is 0 Å². The fourth-order valence-electron chi connectivity index (χ4n) is 3.77. The zero-order valence-electron chi connectivity index (χ0n) is 21.8. The molecule has 0 radical (unpaired) electrons. The van der Waals surface area contributed by atoms with Crippen molar-refractivity contribution in [2.45, 2.75) is 52.9 Å². The smallest absolute Gasteiger partial charge is 0.422 e. The van der Waals surface area contributed by atoms with Crippen molar-refractivity contribution in [2.75, 3.05) is 18.6 Å². The summed E-state index contributed by atoms with van der Waals surface area (Å²) < 4.78 is 54.3. The number of carbonyl (C=O) groups excluding carboxylic acids is 1. The van der Waals surface area contributed by atoms with E-state index in [2.05, 4.69) is 4.98 Å². The first kappa shape index (κ1) is 27.8. The summed E-state index contributed by atoms with van der Waals surface area (Å²) in [5, 5.41) is 0. The molecule has 0 aliphatic heterocycles. The van der Waals surface area contributed by atoms with Crippen LogP contribution in [-0.4, -0.2) is 36.6 Å². The van der Waals surface area contributed by atoms with E-state index < -0.39 is 24.5 Å². The molecule has 0 bridgehead atoms. The van der Waals surface area contributed by atoms with Crippen LogP contribution < -0.4 is 14.4 Å². The number of aromatic nitrogens is 1. The molecular formula is C28H31F3N2O4. The normalized spacial score (nSPS) is 11.7. The molecule has 0 spiro atoms. The third-order valence-corrected chi connectivity index (χ3v) is 5.29. The van der Waals surface area contributed by atoms with Crippen LogP contribution in [0.15, 0.2) is 54.7 Å². The predicted molar refractivity (Wildman–Crippen MR) is 136 cm³/mol. The monoisotopic (exact) mass is 516 g/mol. The number of anilines is 1. The molecule has 0 atom stereocenters. The minimum atomic E-state index is -4.52. The van der Waals surface area contributed by atoms with Crippen LogP contribution in [-0.2, 0) is 11.3 Å². The Balaban J connectivity index is 2.08. The molecule has 0 aliphatic carbocycles. The number of halogens is 3. The van der Waals surface area contributed by atoms with E-state index >= 15 is 0 Å². The van der Waals surface area contributed by atoms with Crippen molar-refractivity contribution >= 4 is 11.8 Å². The van der Waals surface area contributed by atoms with Crippen LogP contribution in [0.5, 0.6) is 11.5 Å². The molecule has 1 aromatic heterocycles. The second-order valence-electron chi connectivity index (χ2n) is 9.63. The van der Waals surface area contributed by atoms with Crippen LogP contribution in [0.25, 0.3) is 11.1 Å². The number of nitrogens with zero attached hydrogens (tertiary/aromatic N) is 2. The quantitative estimate of drug-likeness (QED) is 0.331. The highest BCUT2D eigenvalue weighted by Crippen LogP contribution is 2.35. The number of methoxy groups -OCH3 is 1. The van der Waals surface area contributed by atoms with Gasteiger partial charge < -0.3 is 14.2 Å². The number of ether oxygens (including phenoxy) is 3. The highest BCUT2D eigenvalue weighted by molar-refractivity contribution is 5.89. The molecule has 0 saturated heterocycles. The van der Waals surface area contributed by atoms with Crippen LogP contribution in [0.1, 0.15) is 37.6 Å². The number of carbonyl (C=O) groups is 1. The second kappa shape index (κ2) is 11.1. The summed E-state index contributed by atoms with van der Waals surface area (Å²) in [7, 11) is 1.31. The summed E-state index contributed by atoms with van der Waals surface area (Å²) in [5.74, 6) is -0.120. The summed E-state index contributed by atoms with van der Waals surface area (Å²) in [6, 6.07) is 14.9. The van der Waals surface area contributed by atoms with Gasteiger partial charge in [-0.1, -0.05) is 30.3 Å².